The average molecular weight is 405 g/mol. The molecule has 1 amide bonds. The van der Waals surface area contributed by atoms with E-state index in [9.17, 15) is 9.18 Å². The standard InChI is InChI=1S/C20H25FN4O2S/c21-15-1-5-18(6-2-15)27-13-20-23-17(14-28-20)11-24-7-9-25(10-8-24)12-19(26)22-16-3-4-16/h1-2,5-6,14,16H,3-4,7-13H2,(H,22,26). The summed E-state index contributed by atoms with van der Waals surface area (Å²) in [7, 11) is 0. The van der Waals surface area contributed by atoms with Crippen molar-refractivity contribution in [3.8, 4) is 5.75 Å². The van der Waals surface area contributed by atoms with Gasteiger partial charge in [0.05, 0.1) is 12.2 Å². The number of thiazole rings is 1. The molecule has 1 saturated heterocycles. The van der Waals surface area contributed by atoms with Gasteiger partial charge in [-0.15, -0.1) is 11.3 Å². The number of halogens is 1. The molecule has 1 aromatic carbocycles. The van der Waals surface area contributed by atoms with Gasteiger partial charge in [0, 0.05) is 44.1 Å². The molecule has 0 spiro atoms. The number of nitrogens with one attached hydrogen (secondary N) is 1. The van der Waals surface area contributed by atoms with Crippen molar-refractivity contribution in [1.29, 1.82) is 0 Å². The number of ether oxygens (including phenoxy) is 1. The van der Waals surface area contributed by atoms with E-state index in [4.69, 9.17) is 4.74 Å². The van der Waals surface area contributed by atoms with E-state index in [1.165, 1.54) is 12.1 Å². The number of piperazine rings is 1. The Labute approximate surface area is 168 Å². The summed E-state index contributed by atoms with van der Waals surface area (Å²) in [5.41, 5.74) is 1.04. The lowest BCUT2D eigenvalue weighted by Gasteiger charge is -2.33. The molecule has 150 valence electrons. The summed E-state index contributed by atoms with van der Waals surface area (Å²) in [4.78, 5) is 21.1. The van der Waals surface area contributed by atoms with Crippen molar-refractivity contribution in [2.45, 2.75) is 32.0 Å². The third-order valence-corrected chi connectivity index (χ3v) is 5.81. The number of carbonyl (C=O) groups excluding carboxylic acids is 1. The van der Waals surface area contributed by atoms with Gasteiger partial charge in [0.25, 0.3) is 0 Å². The van der Waals surface area contributed by atoms with Crippen molar-refractivity contribution >= 4 is 17.2 Å². The van der Waals surface area contributed by atoms with Gasteiger partial charge in [-0.1, -0.05) is 0 Å². The summed E-state index contributed by atoms with van der Waals surface area (Å²) >= 11 is 1.58. The number of rotatable bonds is 8. The van der Waals surface area contributed by atoms with Crippen LogP contribution in [0, 0.1) is 5.82 Å². The van der Waals surface area contributed by atoms with Crippen LogP contribution in [-0.4, -0.2) is 59.5 Å². The molecule has 1 aliphatic carbocycles. The molecular formula is C20H25FN4O2S. The van der Waals surface area contributed by atoms with Crippen LogP contribution < -0.4 is 10.1 Å². The van der Waals surface area contributed by atoms with Crippen LogP contribution in [0.25, 0.3) is 0 Å². The third-order valence-electron chi connectivity index (χ3n) is 4.94. The first-order valence-corrected chi connectivity index (χ1v) is 10.6. The lowest BCUT2D eigenvalue weighted by Crippen LogP contribution is -2.49. The molecule has 1 aromatic heterocycles. The number of aromatic nitrogens is 1. The summed E-state index contributed by atoms with van der Waals surface area (Å²) in [6, 6.07) is 6.44. The lowest BCUT2D eigenvalue weighted by molar-refractivity contribution is -0.122. The van der Waals surface area contributed by atoms with Crippen molar-refractivity contribution in [3.05, 3.63) is 46.2 Å². The van der Waals surface area contributed by atoms with Crippen molar-refractivity contribution < 1.29 is 13.9 Å². The third kappa shape index (κ3) is 5.73. The molecule has 8 heteroatoms. The van der Waals surface area contributed by atoms with Crippen LogP contribution in [0.1, 0.15) is 23.5 Å². The van der Waals surface area contributed by atoms with Gasteiger partial charge in [0.15, 0.2) is 0 Å². The van der Waals surface area contributed by atoms with E-state index < -0.39 is 0 Å². The van der Waals surface area contributed by atoms with Gasteiger partial charge in [-0.3, -0.25) is 14.6 Å². The molecule has 2 aromatic rings. The summed E-state index contributed by atoms with van der Waals surface area (Å²) in [5, 5.41) is 6.03. The fraction of sp³-hybridized carbons (Fsp3) is 0.500. The lowest BCUT2D eigenvalue weighted by atomic mass is 10.3. The Morgan fingerprint density at radius 3 is 2.61 bits per heavy atom. The van der Waals surface area contributed by atoms with Crippen LogP contribution in [0.3, 0.4) is 0 Å². The smallest absolute Gasteiger partial charge is 0.234 e. The highest BCUT2D eigenvalue weighted by atomic mass is 32.1. The minimum Gasteiger partial charge on any atom is -0.486 e. The molecule has 6 nitrogen and oxygen atoms in total. The SMILES string of the molecule is O=C(CN1CCN(Cc2csc(COc3ccc(F)cc3)n2)CC1)NC1CC1. The Morgan fingerprint density at radius 1 is 1.18 bits per heavy atom. The van der Waals surface area contributed by atoms with E-state index in [1.807, 2.05) is 0 Å². The van der Waals surface area contributed by atoms with Gasteiger partial charge < -0.3 is 10.1 Å². The first-order chi connectivity index (χ1) is 13.6. The molecule has 0 unspecified atom stereocenters. The Hall–Kier alpha value is -2.03. The van der Waals surface area contributed by atoms with Gasteiger partial charge in [-0.25, -0.2) is 9.37 Å². The number of nitrogens with zero attached hydrogens (tertiary/aromatic N) is 3. The number of carbonyl (C=O) groups is 1. The Balaban J connectivity index is 1.18. The zero-order valence-corrected chi connectivity index (χ0v) is 16.6. The van der Waals surface area contributed by atoms with Gasteiger partial charge >= 0.3 is 0 Å². The topological polar surface area (TPSA) is 57.7 Å². The van der Waals surface area contributed by atoms with Crippen LogP contribution in [-0.2, 0) is 17.9 Å². The number of benzene rings is 1. The highest BCUT2D eigenvalue weighted by molar-refractivity contribution is 7.09. The van der Waals surface area contributed by atoms with Crippen LogP contribution in [0.2, 0.25) is 0 Å². The van der Waals surface area contributed by atoms with E-state index >= 15 is 0 Å². The molecule has 4 rings (SSSR count). The van der Waals surface area contributed by atoms with E-state index in [1.54, 1.807) is 23.5 Å². The summed E-state index contributed by atoms with van der Waals surface area (Å²) in [5.74, 6) is 0.522. The maximum Gasteiger partial charge on any atom is 0.234 e. The Bertz CT molecular complexity index is 786. The fourth-order valence-electron chi connectivity index (χ4n) is 3.20. The van der Waals surface area contributed by atoms with Gasteiger partial charge in [-0.05, 0) is 37.1 Å². The number of amides is 1. The molecule has 2 aliphatic rings. The molecule has 1 aliphatic heterocycles. The fourth-order valence-corrected chi connectivity index (χ4v) is 3.90. The van der Waals surface area contributed by atoms with Crippen LogP contribution in [0.4, 0.5) is 4.39 Å². The van der Waals surface area contributed by atoms with Crippen LogP contribution >= 0.6 is 11.3 Å². The van der Waals surface area contributed by atoms with E-state index in [0.29, 0.717) is 24.9 Å². The highest BCUT2D eigenvalue weighted by Crippen LogP contribution is 2.19. The summed E-state index contributed by atoms with van der Waals surface area (Å²) in [6.45, 7) is 5.40. The number of hydrogen-bond donors (Lipinski definition) is 1. The zero-order chi connectivity index (χ0) is 19.3. The zero-order valence-electron chi connectivity index (χ0n) is 15.8. The van der Waals surface area contributed by atoms with Gasteiger partial charge in [0.2, 0.25) is 5.91 Å². The maximum atomic E-state index is 12.9. The van der Waals surface area contributed by atoms with Crippen molar-refractivity contribution in [3.63, 3.8) is 0 Å². The molecular weight excluding hydrogens is 379 g/mol. The second kappa shape index (κ2) is 8.98. The first kappa shape index (κ1) is 19.3. The maximum absolute atomic E-state index is 12.9. The monoisotopic (exact) mass is 404 g/mol. The predicted octanol–water partition coefficient (Wildman–Crippen LogP) is 2.26. The quantitative estimate of drug-likeness (QED) is 0.731. The molecule has 0 radical (unpaired) electrons. The minimum absolute atomic E-state index is 0.154. The molecule has 1 saturated carbocycles. The minimum atomic E-state index is -0.271. The summed E-state index contributed by atoms with van der Waals surface area (Å²) in [6.07, 6.45) is 2.26. The molecule has 2 fully saturated rings. The molecule has 28 heavy (non-hydrogen) atoms. The summed E-state index contributed by atoms with van der Waals surface area (Å²) < 4.78 is 18.6. The van der Waals surface area contributed by atoms with Gasteiger partial charge in [0.1, 0.15) is 23.2 Å². The normalized spacial score (nSPS) is 18.2. The van der Waals surface area contributed by atoms with Gasteiger partial charge in [-0.2, -0.15) is 0 Å². The van der Waals surface area contributed by atoms with Crippen LogP contribution in [0.15, 0.2) is 29.6 Å². The Kier molecular flexibility index (Phi) is 6.19. The molecule has 0 atom stereocenters. The van der Waals surface area contributed by atoms with E-state index in [2.05, 4.69) is 25.5 Å². The predicted molar refractivity (Wildman–Crippen MR) is 106 cm³/mol. The second-order valence-corrected chi connectivity index (χ2v) is 8.31. The first-order valence-electron chi connectivity index (χ1n) is 9.70. The molecule has 2 heterocycles. The average Bonchev–Trinajstić information content (AvgIpc) is 3.39. The van der Waals surface area contributed by atoms with E-state index in [-0.39, 0.29) is 11.7 Å². The Morgan fingerprint density at radius 2 is 1.89 bits per heavy atom. The van der Waals surface area contributed by atoms with E-state index in [0.717, 1.165) is 56.3 Å². The van der Waals surface area contributed by atoms with Crippen LogP contribution in [0.5, 0.6) is 5.75 Å². The van der Waals surface area contributed by atoms with Crippen molar-refractivity contribution in [1.82, 2.24) is 20.1 Å². The van der Waals surface area contributed by atoms with Crippen molar-refractivity contribution in [2.24, 2.45) is 0 Å². The molecule has 1 N–H and O–H groups in total. The number of hydrogen-bond acceptors (Lipinski definition) is 6. The van der Waals surface area contributed by atoms with Crippen molar-refractivity contribution in [2.75, 3.05) is 32.7 Å². The highest BCUT2D eigenvalue weighted by Gasteiger charge is 2.25. The second-order valence-electron chi connectivity index (χ2n) is 7.37. The molecule has 0 bridgehead atoms. The largest absolute Gasteiger partial charge is 0.486 e.